The lowest BCUT2D eigenvalue weighted by Crippen LogP contribution is -2.54. The van der Waals surface area contributed by atoms with Gasteiger partial charge in [-0.05, 0) is 11.5 Å². The highest BCUT2D eigenvalue weighted by Crippen LogP contribution is 2.28. The van der Waals surface area contributed by atoms with Gasteiger partial charge >= 0.3 is 0 Å². The normalized spacial score (nSPS) is 18.4. The number of amides is 2. The molecule has 1 aromatic rings. The van der Waals surface area contributed by atoms with Crippen LogP contribution in [-0.2, 0) is 14.4 Å². The number of carboxylic acids is 1. The first-order valence-corrected chi connectivity index (χ1v) is 6.97. The predicted octanol–water partition coefficient (Wildman–Crippen LogP) is 0.0601. The molecule has 1 unspecified atom stereocenters. The number of carboxylic acid groups (broad SMARTS) is 1. The topological polar surface area (TPSA) is 80.8 Å². The van der Waals surface area contributed by atoms with Crippen LogP contribution in [-0.4, -0.2) is 40.7 Å². The van der Waals surface area contributed by atoms with Gasteiger partial charge in [-0.25, -0.2) is 0 Å². The first kappa shape index (κ1) is 15.8. The van der Waals surface area contributed by atoms with Gasteiger partial charge in [-0.2, -0.15) is 0 Å². The van der Waals surface area contributed by atoms with Crippen molar-refractivity contribution in [2.24, 2.45) is 5.92 Å². The number of nitrogens with zero attached hydrogens (tertiary/aromatic N) is 2. The van der Waals surface area contributed by atoms with Crippen LogP contribution in [0, 0.1) is 5.92 Å². The summed E-state index contributed by atoms with van der Waals surface area (Å²) < 4.78 is 0. The zero-order valence-electron chi connectivity index (χ0n) is 12.4. The molecule has 1 aliphatic rings. The highest BCUT2D eigenvalue weighted by Gasteiger charge is 2.37. The summed E-state index contributed by atoms with van der Waals surface area (Å²) in [6, 6.07) is 8.14. The Bertz CT molecular complexity index is 610. The number of hydrogen-bond acceptors (Lipinski definition) is 4. The van der Waals surface area contributed by atoms with Crippen molar-refractivity contribution in [2.45, 2.75) is 19.9 Å². The molecular formula is C16H17N2O4-. The minimum atomic E-state index is -1.35. The maximum absolute atomic E-state index is 12.6. The summed E-state index contributed by atoms with van der Waals surface area (Å²) in [7, 11) is 0. The summed E-state index contributed by atoms with van der Waals surface area (Å²) in [5, 5.41) is 11.0. The van der Waals surface area contributed by atoms with E-state index in [1.807, 2.05) is 6.07 Å². The van der Waals surface area contributed by atoms with Gasteiger partial charge in [0.2, 0.25) is 6.41 Å². The summed E-state index contributed by atoms with van der Waals surface area (Å²) in [4.78, 5) is 37.4. The second-order valence-corrected chi connectivity index (χ2v) is 5.42. The number of aliphatic carboxylic acids is 1. The Hall–Kier alpha value is -2.63. The fourth-order valence-corrected chi connectivity index (χ4v) is 2.55. The average Bonchev–Trinajstić information content (AvgIpc) is 2.48. The molecule has 0 bridgehead atoms. The van der Waals surface area contributed by atoms with Crippen molar-refractivity contribution < 1.29 is 19.5 Å². The minimum absolute atomic E-state index is 0.143. The van der Waals surface area contributed by atoms with Crippen molar-refractivity contribution in [1.82, 2.24) is 9.80 Å². The molecule has 0 N–H and O–H groups in total. The largest absolute Gasteiger partial charge is 0.548 e. The first-order valence-electron chi connectivity index (χ1n) is 6.97. The standard InChI is InChI=1S/C16H18N2O4/c1-11(2)15-16(22)18(9-14(20)21)13(8-17(15)10-19)12-6-4-3-5-7-12/h3-8,10-11,15H,9H2,1-2H3,(H,20,21)/p-1. The van der Waals surface area contributed by atoms with Crippen LogP contribution >= 0.6 is 0 Å². The molecule has 6 heteroatoms. The van der Waals surface area contributed by atoms with E-state index in [0.717, 1.165) is 4.90 Å². The van der Waals surface area contributed by atoms with Gasteiger partial charge in [0.25, 0.3) is 5.91 Å². The van der Waals surface area contributed by atoms with Crippen LogP contribution in [0.2, 0.25) is 0 Å². The van der Waals surface area contributed by atoms with Crippen LogP contribution in [0.4, 0.5) is 0 Å². The lowest BCUT2D eigenvalue weighted by atomic mass is 9.97. The zero-order chi connectivity index (χ0) is 16.3. The third-order valence-corrected chi connectivity index (χ3v) is 3.51. The Balaban J connectivity index is 2.53. The fourth-order valence-electron chi connectivity index (χ4n) is 2.55. The maximum Gasteiger partial charge on any atom is 0.250 e. The third-order valence-electron chi connectivity index (χ3n) is 3.51. The third kappa shape index (κ3) is 3.00. The molecule has 1 heterocycles. The molecule has 116 valence electrons. The Kier molecular flexibility index (Phi) is 4.60. The van der Waals surface area contributed by atoms with E-state index < -0.39 is 24.5 Å². The summed E-state index contributed by atoms with van der Waals surface area (Å²) in [6.07, 6.45) is 2.10. The molecule has 0 saturated heterocycles. The van der Waals surface area contributed by atoms with Gasteiger partial charge in [0.1, 0.15) is 6.04 Å². The van der Waals surface area contributed by atoms with Crippen LogP contribution in [0.25, 0.3) is 5.70 Å². The van der Waals surface area contributed by atoms with E-state index in [1.165, 1.54) is 11.1 Å². The van der Waals surface area contributed by atoms with E-state index in [4.69, 9.17) is 0 Å². The Labute approximate surface area is 128 Å². The molecule has 1 atom stereocenters. The van der Waals surface area contributed by atoms with Crippen molar-refractivity contribution in [3.8, 4) is 0 Å². The molecule has 0 aromatic heterocycles. The van der Waals surface area contributed by atoms with Gasteiger partial charge in [0, 0.05) is 6.20 Å². The predicted molar refractivity (Wildman–Crippen MR) is 77.7 cm³/mol. The SMILES string of the molecule is CC(C)C1C(=O)N(CC(=O)[O-])C(c2ccccc2)=CN1C=O. The number of rotatable bonds is 5. The number of benzene rings is 1. The highest BCUT2D eigenvalue weighted by atomic mass is 16.4. The lowest BCUT2D eigenvalue weighted by Gasteiger charge is -2.39. The van der Waals surface area contributed by atoms with E-state index in [9.17, 15) is 19.5 Å². The average molecular weight is 301 g/mol. The Morgan fingerprint density at radius 3 is 2.45 bits per heavy atom. The van der Waals surface area contributed by atoms with Gasteiger partial charge in [0.15, 0.2) is 0 Å². The van der Waals surface area contributed by atoms with E-state index in [2.05, 4.69) is 0 Å². The quantitative estimate of drug-likeness (QED) is 0.720. The molecule has 0 saturated carbocycles. The van der Waals surface area contributed by atoms with Gasteiger partial charge in [0.05, 0.1) is 18.2 Å². The van der Waals surface area contributed by atoms with E-state index in [1.54, 1.807) is 38.1 Å². The van der Waals surface area contributed by atoms with Gasteiger partial charge < -0.3 is 19.7 Å². The van der Waals surface area contributed by atoms with Crippen LogP contribution in [0.3, 0.4) is 0 Å². The summed E-state index contributed by atoms with van der Waals surface area (Å²) in [5.74, 6) is -1.92. The van der Waals surface area contributed by atoms with Crippen molar-refractivity contribution >= 4 is 24.0 Å². The molecule has 2 rings (SSSR count). The molecule has 1 aliphatic heterocycles. The second-order valence-electron chi connectivity index (χ2n) is 5.42. The highest BCUT2D eigenvalue weighted by molar-refractivity contribution is 5.96. The van der Waals surface area contributed by atoms with Crippen LogP contribution in [0.1, 0.15) is 19.4 Å². The number of carbonyl (C=O) groups is 3. The second kappa shape index (κ2) is 6.43. The molecule has 2 amide bonds. The minimum Gasteiger partial charge on any atom is -0.548 e. The lowest BCUT2D eigenvalue weighted by molar-refractivity contribution is -0.305. The molecule has 0 fully saturated rings. The number of carbonyl (C=O) groups excluding carboxylic acids is 3. The summed E-state index contributed by atoms with van der Waals surface area (Å²) >= 11 is 0. The summed E-state index contributed by atoms with van der Waals surface area (Å²) in [6.45, 7) is 3.06. The van der Waals surface area contributed by atoms with E-state index >= 15 is 0 Å². The molecule has 0 radical (unpaired) electrons. The van der Waals surface area contributed by atoms with Crippen LogP contribution in [0.15, 0.2) is 36.5 Å². The Morgan fingerprint density at radius 1 is 1.32 bits per heavy atom. The number of hydrogen-bond donors (Lipinski definition) is 0. The van der Waals surface area contributed by atoms with Gasteiger partial charge in [-0.15, -0.1) is 0 Å². The first-order chi connectivity index (χ1) is 10.5. The zero-order valence-corrected chi connectivity index (χ0v) is 12.4. The summed E-state index contributed by atoms with van der Waals surface area (Å²) in [5.41, 5.74) is 1.03. The monoisotopic (exact) mass is 301 g/mol. The van der Waals surface area contributed by atoms with E-state index in [-0.39, 0.29) is 5.92 Å². The van der Waals surface area contributed by atoms with E-state index in [0.29, 0.717) is 17.7 Å². The van der Waals surface area contributed by atoms with Gasteiger partial charge in [-0.3, -0.25) is 9.59 Å². The fraction of sp³-hybridized carbons (Fsp3) is 0.312. The maximum atomic E-state index is 12.6. The van der Waals surface area contributed by atoms with Crippen LogP contribution < -0.4 is 5.11 Å². The molecular weight excluding hydrogens is 284 g/mol. The molecule has 22 heavy (non-hydrogen) atoms. The smallest absolute Gasteiger partial charge is 0.250 e. The van der Waals surface area contributed by atoms with Crippen molar-refractivity contribution in [3.05, 3.63) is 42.1 Å². The molecule has 6 nitrogen and oxygen atoms in total. The van der Waals surface area contributed by atoms with Crippen LogP contribution in [0.5, 0.6) is 0 Å². The van der Waals surface area contributed by atoms with Crippen molar-refractivity contribution in [2.75, 3.05) is 6.54 Å². The molecule has 0 aliphatic carbocycles. The van der Waals surface area contributed by atoms with Crippen molar-refractivity contribution in [3.63, 3.8) is 0 Å². The molecule has 1 aromatic carbocycles. The molecule has 0 spiro atoms. The Morgan fingerprint density at radius 2 is 1.95 bits per heavy atom. The van der Waals surface area contributed by atoms with Gasteiger partial charge in [-0.1, -0.05) is 44.2 Å². The van der Waals surface area contributed by atoms with Crippen molar-refractivity contribution in [1.29, 1.82) is 0 Å².